The van der Waals surface area contributed by atoms with Gasteiger partial charge in [-0.15, -0.1) is 0 Å². The van der Waals surface area contributed by atoms with E-state index in [0.29, 0.717) is 0 Å². The van der Waals surface area contributed by atoms with E-state index in [1.54, 1.807) is 7.11 Å². The van der Waals surface area contributed by atoms with Crippen LogP contribution in [-0.2, 0) is 4.43 Å². The fourth-order valence-corrected chi connectivity index (χ4v) is 1.80. The molecule has 0 aromatic heterocycles. The topological polar surface area (TPSA) is 9.23 Å². The SMILES string of the molecule is C=Cc1ccccc1.CCC(C)[SiH2]OC. The van der Waals surface area contributed by atoms with Crippen LogP contribution in [0, 0.1) is 0 Å². The third-order valence-electron chi connectivity index (χ3n) is 2.18. The smallest absolute Gasteiger partial charge is 0.163 e. The van der Waals surface area contributed by atoms with E-state index in [1.165, 1.54) is 12.0 Å². The van der Waals surface area contributed by atoms with Crippen molar-refractivity contribution in [3.05, 3.63) is 42.5 Å². The monoisotopic (exact) mass is 222 g/mol. The van der Waals surface area contributed by atoms with Crippen LogP contribution in [-0.4, -0.2) is 16.9 Å². The van der Waals surface area contributed by atoms with Crippen LogP contribution in [0.25, 0.3) is 6.08 Å². The molecule has 0 saturated carbocycles. The minimum absolute atomic E-state index is 0.154. The van der Waals surface area contributed by atoms with E-state index in [1.807, 2.05) is 36.4 Å². The quantitative estimate of drug-likeness (QED) is 0.711. The average Bonchev–Trinajstić information content (AvgIpc) is 2.31. The Morgan fingerprint density at radius 1 is 1.40 bits per heavy atom. The zero-order chi connectivity index (χ0) is 11.5. The van der Waals surface area contributed by atoms with Crippen molar-refractivity contribution >= 4 is 15.8 Å². The molecule has 1 nitrogen and oxygen atoms in total. The Bertz CT molecular complexity index is 246. The molecule has 1 rings (SSSR count). The summed E-state index contributed by atoms with van der Waals surface area (Å²) < 4.78 is 5.03. The second-order valence-corrected chi connectivity index (χ2v) is 5.89. The number of hydrogen-bond acceptors (Lipinski definition) is 1. The predicted octanol–water partition coefficient (Wildman–Crippen LogP) is 3.26. The van der Waals surface area contributed by atoms with Crippen molar-refractivity contribution in [3.8, 4) is 0 Å². The molecule has 1 aromatic carbocycles. The molecule has 1 unspecified atom stereocenters. The van der Waals surface area contributed by atoms with Crippen LogP contribution in [0.5, 0.6) is 0 Å². The molecule has 0 fully saturated rings. The molecular formula is C13H22OSi. The molecule has 0 aliphatic rings. The van der Waals surface area contributed by atoms with Gasteiger partial charge in [-0.1, -0.05) is 63.3 Å². The molecule has 0 heterocycles. The zero-order valence-corrected chi connectivity index (χ0v) is 11.5. The van der Waals surface area contributed by atoms with E-state index >= 15 is 0 Å². The lowest BCUT2D eigenvalue weighted by atomic mass is 10.2. The van der Waals surface area contributed by atoms with Gasteiger partial charge in [0.2, 0.25) is 0 Å². The fraction of sp³-hybridized carbons (Fsp3) is 0.385. The van der Waals surface area contributed by atoms with E-state index in [4.69, 9.17) is 4.43 Å². The normalized spacial score (nSPS) is 11.9. The number of hydrogen-bond donors (Lipinski definition) is 0. The Morgan fingerprint density at radius 3 is 2.27 bits per heavy atom. The lowest BCUT2D eigenvalue weighted by Gasteiger charge is -2.02. The summed E-state index contributed by atoms with van der Waals surface area (Å²) in [6, 6.07) is 10.0. The van der Waals surface area contributed by atoms with Gasteiger partial charge in [0.1, 0.15) is 0 Å². The van der Waals surface area contributed by atoms with Crippen LogP contribution in [0.4, 0.5) is 0 Å². The molecule has 0 aliphatic carbocycles. The van der Waals surface area contributed by atoms with Crippen molar-refractivity contribution < 1.29 is 4.43 Å². The number of benzene rings is 1. The molecule has 0 radical (unpaired) electrons. The van der Waals surface area contributed by atoms with Crippen molar-refractivity contribution in [1.82, 2.24) is 0 Å². The lowest BCUT2D eigenvalue weighted by Crippen LogP contribution is -1.99. The van der Waals surface area contributed by atoms with E-state index in [0.717, 1.165) is 5.54 Å². The summed E-state index contributed by atoms with van der Waals surface area (Å²) in [6.07, 6.45) is 3.11. The first-order valence-electron chi connectivity index (χ1n) is 5.41. The van der Waals surface area contributed by atoms with Crippen LogP contribution < -0.4 is 0 Å². The first kappa shape index (κ1) is 14.1. The molecule has 0 aliphatic heterocycles. The van der Waals surface area contributed by atoms with Crippen molar-refractivity contribution in [2.45, 2.75) is 25.8 Å². The summed E-state index contributed by atoms with van der Waals surface area (Å²) in [6.45, 7) is 8.08. The van der Waals surface area contributed by atoms with E-state index in [-0.39, 0.29) is 9.76 Å². The Balaban J connectivity index is 0.000000265. The largest absolute Gasteiger partial charge is 0.427 e. The molecule has 0 spiro atoms. The molecule has 15 heavy (non-hydrogen) atoms. The highest BCUT2D eigenvalue weighted by atomic mass is 28.2. The molecule has 0 saturated heterocycles. The van der Waals surface area contributed by atoms with Crippen molar-refractivity contribution in [2.75, 3.05) is 7.11 Å². The summed E-state index contributed by atoms with van der Waals surface area (Å²) in [5.74, 6) is 0. The van der Waals surface area contributed by atoms with Gasteiger partial charge in [-0.25, -0.2) is 0 Å². The molecule has 0 amide bonds. The van der Waals surface area contributed by atoms with E-state index in [2.05, 4.69) is 20.4 Å². The Kier molecular flexibility index (Phi) is 9.13. The van der Waals surface area contributed by atoms with Crippen LogP contribution in [0.3, 0.4) is 0 Å². The predicted molar refractivity (Wildman–Crippen MR) is 71.8 cm³/mol. The van der Waals surface area contributed by atoms with Crippen LogP contribution >= 0.6 is 0 Å². The first-order valence-corrected chi connectivity index (χ1v) is 6.80. The summed E-state index contributed by atoms with van der Waals surface area (Å²) in [5.41, 5.74) is 2.04. The van der Waals surface area contributed by atoms with Gasteiger partial charge in [0.15, 0.2) is 9.76 Å². The third kappa shape index (κ3) is 8.15. The maximum Gasteiger partial charge on any atom is 0.163 e. The minimum atomic E-state index is -0.154. The molecular weight excluding hydrogens is 200 g/mol. The van der Waals surface area contributed by atoms with Gasteiger partial charge < -0.3 is 4.43 Å². The van der Waals surface area contributed by atoms with Crippen LogP contribution in [0.15, 0.2) is 36.9 Å². The molecule has 1 atom stereocenters. The summed E-state index contributed by atoms with van der Waals surface area (Å²) >= 11 is 0. The first-order chi connectivity index (χ1) is 7.24. The maximum atomic E-state index is 5.03. The van der Waals surface area contributed by atoms with Crippen LogP contribution in [0.1, 0.15) is 25.8 Å². The van der Waals surface area contributed by atoms with Gasteiger partial charge in [-0.3, -0.25) is 0 Å². The fourth-order valence-electron chi connectivity index (χ4n) is 0.991. The highest BCUT2D eigenvalue weighted by molar-refractivity contribution is 6.29. The summed E-state index contributed by atoms with van der Waals surface area (Å²) in [7, 11) is 1.65. The Hall–Kier alpha value is -0.863. The van der Waals surface area contributed by atoms with Gasteiger partial charge in [0.25, 0.3) is 0 Å². The molecule has 2 heteroatoms. The van der Waals surface area contributed by atoms with Gasteiger partial charge in [0.05, 0.1) is 0 Å². The zero-order valence-electron chi connectivity index (χ0n) is 10.1. The summed E-state index contributed by atoms with van der Waals surface area (Å²) in [5, 5.41) is 0. The molecule has 0 N–H and O–H groups in total. The highest BCUT2D eigenvalue weighted by Gasteiger charge is 1.95. The molecule has 0 bridgehead atoms. The maximum absolute atomic E-state index is 5.03. The minimum Gasteiger partial charge on any atom is -0.427 e. The lowest BCUT2D eigenvalue weighted by molar-refractivity contribution is 0.430. The van der Waals surface area contributed by atoms with Gasteiger partial charge in [-0.2, -0.15) is 0 Å². The van der Waals surface area contributed by atoms with Gasteiger partial charge >= 0.3 is 0 Å². The Morgan fingerprint density at radius 2 is 2.00 bits per heavy atom. The standard InChI is InChI=1S/C8H8.C5H14OSi/c1-2-8-6-4-3-5-7-8;1-4-5(2)7-6-3/h2-7H,1H2;5H,4,7H2,1-3H3. The third-order valence-corrected chi connectivity index (χ3v) is 3.66. The van der Waals surface area contributed by atoms with E-state index < -0.39 is 0 Å². The van der Waals surface area contributed by atoms with Crippen molar-refractivity contribution in [3.63, 3.8) is 0 Å². The summed E-state index contributed by atoms with van der Waals surface area (Å²) in [4.78, 5) is 0. The average molecular weight is 222 g/mol. The van der Waals surface area contributed by atoms with E-state index in [9.17, 15) is 0 Å². The second kappa shape index (κ2) is 9.68. The second-order valence-electron chi connectivity index (χ2n) is 3.58. The van der Waals surface area contributed by atoms with Crippen LogP contribution in [0.2, 0.25) is 5.54 Å². The van der Waals surface area contributed by atoms with Crippen molar-refractivity contribution in [1.29, 1.82) is 0 Å². The van der Waals surface area contributed by atoms with Gasteiger partial charge in [0, 0.05) is 7.11 Å². The number of rotatable bonds is 4. The Labute approximate surface area is 96.1 Å². The van der Waals surface area contributed by atoms with Gasteiger partial charge in [-0.05, 0) is 11.1 Å². The molecule has 1 aromatic rings. The molecule has 84 valence electrons. The highest BCUT2D eigenvalue weighted by Crippen LogP contribution is 2.04. The van der Waals surface area contributed by atoms with Crippen molar-refractivity contribution in [2.24, 2.45) is 0 Å².